The normalized spacial score (nSPS) is 25.7. The summed E-state index contributed by atoms with van der Waals surface area (Å²) in [4.78, 5) is 26.9. The molecule has 1 saturated carbocycles. The monoisotopic (exact) mass is 437 g/mol. The average molecular weight is 438 g/mol. The minimum atomic E-state index is -0.215. The summed E-state index contributed by atoms with van der Waals surface area (Å²) in [6.07, 6.45) is 4.84. The number of piperidine rings is 1. The van der Waals surface area contributed by atoms with Gasteiger partial charge in [-0.15, -0.1) is 0 Å². The summed E-state index contributed by atoms with van der Waals surface area (Å²) < 4.78 is 0.928. The largest absolute Gasteiger partial charge is 0.393 e. The first kappa shape index (κ1) is 20.1. The Hall–Kier alpha value is -1.60. The summed E-state index contributed by atoms with van der Waals surface area (Å²) in [7, 11) is 1.62. The van der Waals surface area contributed by atoms with Gasteiger partial charge in [0.1, 0.15) is 0 Å². The van der Waals surface area contributed by atoms with Crippen LogP contribution in [0.1, 0.15) is 48.9 Å². The maximum Gasteiger partial charge on any atom is 0.251 e. The molecule has 27 heavy (non-hydrogen) atoms. The standard InChI is InChI=1S/C20H28BrN3O3/c1-22-19(26)13-4-9-17(21)18(11-13)24-10-2-3-14(12-24)20(27)23-15-5-7-16(25)8-6-15/h4,9,11,14-16,25H,2-3,5-8,10,12H2,1H3,(H,22,26)(H,23,27)/t14-,15?,16?/m0/s1. The van der Waals surface area contributed by atoms with E-state index in [1.54, 1.807) is 13.1 Å². The lowest BCUT2D eigenvalue weighted by atomic mass is 9.91. The molecule has 1 heterocycles. The minimum absolute atomic E-state index is 0.0545. The summed E-state index contributed by atoms with van der Waals surface area (Å²) in [5.74, 6) is -0.0598. The molecule has 2 fully saturated rings. The second-order valence-corrected chi connectivity index (χ2v) is 8.40. The lowest BCUT2D eigenvalue weighted by Crippen LogP contribution is -2.47. The zero-order valence-corrected chi connectivity index (χ0v) is 17.3. The van der Waals surface area contributed by atoms with Gasteiger partial charge in [-0.25, -0.2) is 0 Å². The molecule has 1 saturated heterocycles. The van der Waals surface area contributed by atoms with E-state index >= 15 is 0 Å². The van der Waals surface area contributed by atoms with E-state index in [-0.39, 0.29) is 29.9 Å². The quantitative estimate of drug-likeness (QED) is 0.675. The predicted molar refractivity (Wildman–Crippen MR) is 109 cm³/mol. The highest BCUT2D eigenvalue weighted by molar-refractivity contribution is 9.10. The number of halogens is 1. The van der Waals surface area contributed by atoms with Crippen LogP contribution in [0.4, 0.5) is 5.69 Å². The first-order valence-corrected chi connectivity index (χ1v) is 10.5. The highest BCUT2D eigenvalue weighted by atomic mass is 79.9. The number of aliphatic hydroxyl groups is 1. The number of hydrogen-bond donors (Lipinski definition) is 3. The second kappa shape index (κ2) is 9.06. The van der Waals surface area contributed by atoms with Crippen molar-refractivity contribution in [2.24, 2.45) is 5.92 Å². The first-order valence-electron chi connectivity index (χ1n) is 9.73. The molecular formula is C20H28BrN3O3. The van der Waals surface area contributed by atoms with Crippen LogP contribution in [0.5, 0.6) is 0 Å². The van der Waals surface area contributed by atoms with Gasteiger partial charge in [0.2, 0.25) is 5.91 Å². The van der Waals surface area contributed by atoms with Gasteiger partial charge >= 0.3 is 0 Å². The van der Waals surface area contributed by atoms with Crippen LogP contribution >= 0.6 is 15.9 Å². The third-order valence-electron chi connectivity index (χ3n) is 5.61. The Morgan fingerprint density at radius 3 is 2.63 bits per heavy atom. The van der Waals surface area contributed by atoms with Crippen LogP contribution < -0.4 is 15.5 Å². The van der Waals surface area contributed by atoms with Crippen LogP contribution in [0.15, 0.2) is 22.7 Å². The van der Waals surface area contributed by atoms with Crippen molar-refractivity contribution in [2.75, 3.05) is 25.0 Å². The Balaban J connectivity index is 1.65. The van der Waals surface area contributed by atoms with E-state index < -0.39 is 0 Å². The molecule has 2 aliphatic rings. The summed E-state index contributed by atoms with van der Waals surface area (Å²) >= 11 is 3.58. The van der Waals surface area contributed by atoms with E-state index in [1.165, 1.54) is 0 Å². The number of benzene rings is 1. The fourth-order valence-electron chi connectivity index (χ4n) is 3.99. The van der Waals surface area contributed by atoms with Crippen molar-refractivity contribution >= 4 is 33.4 Å². The highest BCUT2D eigenvalue weighted by Gasteiger charge is 2.29. The van der Waals surface area contributed by atoms with Crippen molar-refractivity contribution in [1.82, 2.24) is 10.6 Å². The Bertz CT molecular complexity index is 689. The molecule has 2 amide bonds. The molecule has 1 aromatic rings. The maximum atomic E-state index is 12.8. The zero-order valence-electron chi connectivity index (χ0n) is 15.7. The molecular weight excluding hydrogens is 410 g/mol. The van der Waals surface area contributed by atoms with Crippen LogP contribution in [0.2, 0.25) is 0 Å². The van der Waals surface area contributed by atoms with Crippen molar-refractivity contribution in [1.29, 1.82) is 0 Å². The van der Waals surface area contributed by atoms with E-state index in [4.69, 9.17) is 0 Å². The van der Waals surface area contributed by atoms with E-state index in [0.29, 0.717) is 12.1 Å². The van der Waals surface area contributed by atoms with E-state index in [1.807, 2.05) is 12.1 Å². The number of amides is 2. The third-order valence-corrected chi connectivity index (χ3v) is 6.28. The Morgan fingerprint density at radius 2 is 1.93 bits per heavy atom. The number of carbonyl (C=O) groups is 2. The van der Waals surface area contributed by atoms with Gasteiger partial charge in [-0.05, 0) is 72.7 Å². The summed E-state index contributed by atoms with van der Waals surface area (Å²) in [5.41, 5.74) is 1.57. The SMILES string of the molecule is CNC(=O)c1ccc(Br)c(N2CCC[C@H](C(=O)NC3CCC(O)CC3)C2)c1. The molecule has 7 heteroatoms. The number of hydrogen-bond acceptors (Lipinski definition) is 4. The topological polar surface area (TPSA) is 81.7 Å². The minimum Gasteiger partial charge on any atom is -0.393 e. The van der Waals surface area contributed by atoms with Crippen molar-refractivity contribution in [3.8, 4) is 0 Å². The molecule has 3 N–H and O–H groups in total. The molecule has 0 spiro atoms. The zero-order chi connectivity index (χ0) is 19.4. The van der Waals surface area contributed by atoms with Gasteiger partial charge < -0.3 is 20.6 Å². The number of rotatable bonds is 4. The van der Waals surface area contributed by atoms with Crippen LogP contribution in [0.3, 0.4) is 0 Å². The third kappa shape index (κ3) is 5.02. The van der Waals surface area contributed by atoms with Gasteiger partial charge in [0, 0.05) is 36.2 Å². The van der Waals surface area contributed by atoms with Gasteiger partial charge in [-0.3, -0.25) is 9.59 Å². The highest BCUT2D eigenvalue weighted by Crippen LogP contribution is 2.31. The van der Waals surface area contributed by atoms with Crippen molar-refractivity contribution in [3.63, 3.8) is 0 Å². The van der Waals surface area contributed by atoms with Gasteiger partial charge in [0.15, 0.2) is 0 Å². The first-order chi connectivity index (χ1) is 13.0. The smallest absolute Gasteiger partial charge is 0.251 e. The molecule has 1 aromatic carbocycles. The van der Waals surface area contributed by atoms with Crippen molar-refractivity contribution < 1.29 is 14.7 Å². The van der Waals surface area contributed by atoms with Crippen molar-refractivity contribution in [2.45, 2.75) is 50.7 Å². The summed E-state index contributed by atoms with van der Waals surface area (Å²) in [6.45, 7) is 1.52. The van der Waals surface area contributed by atoms with Crippen LogP contribution in [-0.4, -0.2) is 49.2 Å². The van der Waals surface area contributed by atoms with Crippen molar-refractivity contribution in [3.05, 3.63) is 28.2 Å². The molecule has 0 unspecified atom stereocenters. The summed E-state index contributed by atoms with van der Waals surface area (Å²) in [6, 6.07) is 5.74. The van der Waals surface area contributed by atoms with Gasteiger partial charge in [-0.1, -0.05) is 0 Å². The molecule has 1 aliphatic heterocycles. The fraction of sp³-hybridized carbons (Fsp3) is 0.600. The molecule has 1 aliphatic carbocycles. The summed E-state index contributed by atoms with van der Waals surface area (Å²) in [5, 5.41) is 15.5. The number of nitrogens with one attached hydrogen (secondary N) is 2. The molecule has 0 bridgehead atoms. The number of carbonyl (C=O) groups excluding carboxylic acids is 2. The maximum absolute atomic E-state index is 12.8. The van der Waals surface area contributed by atoms with Gasteiger partial charge in [-0.2, -0.15) is 0 Å². The van der Waals surface area contributed by atoms with E-state index in [0.717, 1.165) is 55.2 Å². The van der Waals surface area contributed by atoms with Crippen LogP contribution in [0, 0.1) is 5.92 Å². The molecule has 1 atom stereocenters. The van der Waals surface area contributed by atoms with Crippen LogP contribution in [0.25, 0.3) is 0 Å². The average Bonchev–Trinajstić information content (AvgIpc) is 2.69. The molecule has 3 rings (SSSR count). The fourth-order valence-corrected chi connectivity index (χ4v) is 4.49. The Kier molecular flexibility index (Phi) is 6.76. The molecule has 6 nitrogen and oxygen atoms in total. The molecule has 0 radical (unpaired) electrons. The Morgan fingerprint density at radius 1 is 1.19 bits per heavy atom. The van der Waals surface area contributed by atoms with Crippen LogP contribution in [-0.2, 0) is 4.79 Å². The molecule has 148 valence electrons. The lowest BCUT2D eigenvalue weighted by molar-refractivity contribution is -0.126. The van der Waals surface area contributed by atoms with E-state index in [2.05, 4.69) is 31.5 Å². The molecule has 0 aromatic heterocycles. The van der Waals surface area contributed by atoms with E-state index in [9.17, 15) is 14.7 Å². The lowest BCUT2D eigenvalue weighted by Gasteiger charge is -2.35. The number of aliphatic hydroxyl groups excluding tert-OH is 1. The van der Waals surface area contributed by atoms with Gasteiger partial charge in [0.25, 0.3) is 5.91 Å². The second-order valence-electron chi connectivity index (χ2n) is 7.54. The number of nitrogens with zero attached hydrogens (tertiary/aromatic N) is 1. The van der Waals surface area contributed by atoms with Gasteiger partial charge in [0.05, 0.1) is 17.7 Å². The predicted octanol–water partition coefficient (Wildman–Crippen LogP) is 2.44. The Labute approximate surface area is 168 Å². The number of anilines is 1.